The number of hydrogen-bond donors (Lipinski definition) is 1. The molecule has 0 radical (unpaired) electrons. The van der Waals surface area contributed by atoms with E-state index >= 15 is 0 Å². The van der Waals surface area contributed by atoms with Gasteiger partial charge in [0, 0.05) is 34.1 Å². The number of rotatable bonds is 11. The zero-order valence-electron chi connectivity index (χ0n) is 28.6. The Kier molecular flexibility index (Phi) is 9.39. The van der Waals surface area contributed by atoms with Crippen LogP contribution in [0.2, 0.25) is 0 Å². The van der Waals surface area contributed by atoms with Crippen LogP contribution < -0.4 is 20.0 Å². The van der Waals surface area contributed by atoms with Gasteiger partial charge in [0.2, 0.25) is 0 Å². The molecule has 0 bridgehead atoms. The van der Waals surface area contributed by atoms with Crippen molar-refractivity contribution in [3.05, 3.63) is 218 Å². The molecule has 250 valence electrons. The van der Waals surface area contributed by atoms with Gasteiger partial charge in [0.05, 0.1) is 17.1 Å². The normalized spacial score (nSPS) is 10.7. The van der Waals surface area contributed by atoms with E-state index in [4.69, 9.17) is 4.98 Å². The summed E-state index contributed by atoms with van der Waals surface area (Å²) in [6.07, 6.45) is 0. The fourth-order valence-electron chi connectivity index (χ4n) is 6.45. The monoisotopic (exact) mass is 671 g/mol. The fourth-order valence-corrected chi connectivity index (χ4v) is 6.45. The Balaban J connectivity index is 1.38. The Bertz CT molecular complexity index is 2140. The Morgan fingerprint density at radius 3 is 1.00 bits per heavy atom. The second-order valence-electron chi connectivity index (χ2n) is 12.3. The third-order valence-corrected chi connectivity index (χ3v) is 8.74. The summed E-state index contributed by atoms with van der Waals surface area (Å²) >= 11 is 0. The maximum Gasteiger partial charge on any atom is 0.139 e. The number of nitrogens with zero attached hydrogens (tertiary/aromatic N) is 4. The summed E-state index contributed by atoms with van der Waals surface area (Å²) in [6.45, 7) is 0. The van der Waals surface area contributed by atoms with Crippen molar-refractivity contribution in [3.63, 3.8) is 0 Å². The number of pyridine rings is 1. The second-order valence-corrected chi connectivity index (χ2v) is 12.3. The van der Waals surface area contributed by atoms with Gasteiger partial charge in [-0.05, 0) is 103 Å². The molecule has 8 rings (SSSR count). The topological polar surface area (TPSA) is 34.6 Å². The van der Waals surface area contributed by atoms with E-state index in [2.05, 4.69) is 196 Å². The average Bonchev–Trinajstić information content (AvgIpc) is 3.21. The predicted octanol–water partition coefficient (Wildman–Crippen LogP) is 13.2. The van der Waals surface area contributed by atoms with Crippen molar-refractivity contribution in [2.24, 2.45) is 0 Å². The van der Waals surface area contributed by atoms with Gasteiger partial charge in [0.1, 0.15) is 11.6 Å². The van der Waals surface area contributed by atoms with Gasteiger partial charge >= 0.3 is 0 Å². The molecule has 0 aliphatic heterocycles. The van der Waals surface area contributed by atoms with Gasteiger partial charge in [-0.1, -0.05) is 115 Å². The molecule has 0 aliphatic rings. The zero-order valence-corrected chi connectivity index (χ0v) is 28.6. The van der Waals surface area contributed by atoms with Gasteiger partial charge in [0.15, 0.2) is 0 Å². The van der Waals surface area contributed by atoms with Crippen molar-refractivity contribution in [1.82, 2.24) is 4.98 Å². The highest BCUT2D eigenvalue weighted by molar-refractivity contribution is 5.89. The number of benzene rings is 7. The minimum absolute atomic E-state index is 0.756. The van der Waals surface area contributed by atoms with Crippen LogP contribution in [0.15, 0.2) is 218 Å². The molecule has 0 fully saturated rings. The van der Waals surface area contributed by atoms with E-state index in [0.29, 0.717) is 0 Å². The van der Waals surface area contributed by atoms with Crippen molar-refractivity contribution < 1.29 is 0 Å². The van der Waals surface area contributed by atoms with Crippen molar-refractivity contribution in [2.45, 2.75) is 0 Å². The van der Waals surface area contributed by atoms with E-state index in [1.54, 1.807) is 0 Å². The summed E-state index contributed by atoms with van der Waals surface area (Å²) < 4.78 is 0. The highest BCUT2D eigenvalue weighted by atomic mass is 15.2. The van der Waals surface area contributed by atoms with Crippen LogP contribution >= 0.6 is 0 Å². The van der Waals surface area contributed by atoms with Gasteiger partial charge in [0.25, 0.3) is 0 Å². The lowest BCUT2D eigenvalue weighted by Gasteiger charge is -2.32. The summed E-state index contributed by atoms with van der Waals surface area (Å²) in [6, 6.07) is 75.6. The first-order valence-corrected chi connectivity index (χ1v) is 17.4. The summed E-state index contributed by atoms with van der Waals surface area (Å²) in [7, 11) is 0. The van der Waals surface area contributed by atoms with Crippen LogP contribution in [0.3, 0.4) is 0 Å². The lowest BCUT2D eigenvalue weighted by molar-refractivity contribution is 1.17. The van der Waals surface area contributed by atoms with Crippen molar-refractivity contribution in [1.29, 1.82) is 0 Å². The van der Waals surface area contributed by atoms with Crippen molar-refractivity contribution in [3.8, 4) is 0 Å². The van der Waals surface area contributed by atoms with Crippen molar-refractivity contribution in [2.75, 3.05) is 20.0 Å². The third-order valence-electron chi connectivity index (χ3n) is 8.74. The van der Waals surface area contributed by atoms with Crippen LogP contribution in [0.25, 0.3) is 0 Å². The quantitative estimate of drug-likeness (QED) is 0.148. The maximum atomic E-state index is 5.19. The Morgan fingerprint density at radius 2 is 0.615 bits per heavy atom. The molecule has 1 aromatic heterocycles. The Morgan fingerprint density at radius 1 is 0.288 bits per heavy atom. The minimum atomic E-state index is 0.756. The van der Waals surface area contributed by atoms with E-state index in [9.17, 15) is 0 Å². The first-order valence-electron chi connectivity index (χ1n) is 17.4. The largest absolute Gasteiger partial charge is 0.340 e. The van der Waals surface area contributed by atoms with Gasteiger partial charge < -0.3 is 15.1 Å². The first-order chi connectivity index (χ1) is 25.8. The summed E-state index contributed by atoms with van der Waals surface area (Å²) in [5, 5.41) is 3.49. The molecule has 5 heteroatoms. The molecule has 1 N–H and O–H groups in total. The standard InChI is InChI=1S/C47H37N5/c1-7-20-37(21-8-1)48-46-32-19-33-47(49-46)52(42-30-17-6-18-31-42)45-35-43(50(38-22-9-2-10-23-38)39-24-11-3-12-25-39)34-44(36-45)51(40-26-13-4-14-27-40)41-28-15-5-16-29-41/h1-36H,(H,48,49). The number of nitrogens with one attached hydrogen (secondary N) is 1. The van der Waals surface area contributed by atoms with Gasteiger partial charge in [-0.2, -0.15) is 0 Å². The van der Waals surface area contributed by atoms with Gasteiger partial charge in [-0.3, -0.25) is 4.90 Å². The molecule has 5 nitrogen and oxygen atoms in total. The van der Waals surface area contributed by atoms with Crippen LogP contribution in [0, 0.1) is 0 Å². The molecule has 0 aliphatic carbocycles. The van der Waals surface area contributed by atoms with Crippen LogP contribution in [-0.2, 0) is 0 Å². The molecule has 1 heterocycles. The lowest BCUT2D eigenvalue weighted by Crippen LogP contribution is -2.17. The summed E-state index contributed by atoms with van der Waals surface area (Å²) in [5.74, 6) is 1.54. The second kappa shape index (κ2) is 15.2. The van der Waals surface area contributed by atoms with E-state index in [1.807, 2.05) is 42.5 Å². The van der Waals surface area contributed by atoms with E-state index in [0.717, 1.165) is 62.8 Å². The molecule has 7 aromatic carbocycles. The van der Waals surface area contributed by atoms with Crippen molar-refractivity contribution >= 4 is 62.8 Å². The molecule has 0 spiro atoms. The van der Waals surface area contributed by atoms with Crippen LogP contribution in [-0.4, -0.2) is 4.98 Å². The molecule has 8 aromatic rings. The number of para-hydroxylation sites is 6. The predicted molar refractivity (Wildman–Crippen MR) is 218 cm³/mol. The molecule has 0 saturated carbocycles. The first kappa shape index (κ1) is 32.1. The zero-order chi connectivity index (χ0) is 35.0. The smallest absolute Gasteiger partial charge is 0.139 e. The lowest BCUT2D eigenvalue weighted by atomic mass is 10.1. The van der Waals surface area contributed by atoms with Crippen LogP contribution in [0.4, 0.5) is 62.8 Å². The molecular formula is C47H37N5. The number of aromatic nitrogens is 1. The fraction of sp³-hybridized carbons (Fsp3) is 0. The average molecular weight is 672 g/mol. The van der Waals surface area contributed by atoms with Gasteiger partial charge in [-0.25, -0.2) is 4.98 Å². The maximum absolute atomic E-state index is 5.19. The Hall–Kier alpha value is -7.11. The van der Waals surface area contributed by atoms with Crippen LogP contribution in [0.5, 0.6) is 0 Å². The molecular weight excluding hydrogens is 635 g/mol. The summed E-state index contributed by atoms with van der Waals surface area (Å²) in [5.41, 5.74) is 9.15. The summed E-state index contributed by atoms with van der Waals surface area (Å²) in [4.78, 5) is 12.0. The SMILES string of the molecule is c1ccc(Nc2cccc(N(c3ccccc3)c3cc(N(c4ccccc4)c4ccccc4)cc(N(c4ccccc4)c4ccccc4)c3)n2)cc1. The highest BCUT2D eigenvalue weighted by Gasteiger charge is 2.22. The van der Waals surface area contributed by atoms with Crippen LogP contribution in [0.1, 0.15) is 0 Å². The highest BCUT2D eigenvalue weighted by Crippen LogP contribution is 2.45. The molecule has 0 atom stereocenters. The van der Waals surface area contributed by atoms with Gasteiger partial charge in [-0.15, -0.1) is 0 Å². The van der Waals surface area contributed by atoms with E-state index in [1.165, 1.54) is 0 Å². The molecule has 0 saturated heterocycles. The third kappa shape index (κ3) is 7.11. The Labute approximate surface area is 305 Å². The molecule has 52 heavy (non-hydrogen) atoms. The number of hydrogen-bond acceptors (Lipinski definition) is 5. The number of anilines is 11. The molecule has 0 amide bonds. The van der Waals surface area contributed by atoms with E-state index in [-0.39, 0.29) is 0 Å². The van der Waals surface area contributed by atoms with E-state index < -0.39 is 0 Å². The molecule has 0 unspecified atom stereocenters. The minimum Gasteiger partial charge on any atom is -0.340 e.